The van der Waals surface area contributed by atoms with E-state index >= 15 is 0 Å². The van der Waals surface area contributed by atoms with Crippen molar-refractivity contribution in [2.24, 2.45) is 5.10 Å². The van der Waals surface area contributed by atoms with Crippen LogP contribution in [0.5, 0.6) is 5.75 Å². The standard InChI is InChI=1S/C15H22N2O2/c1-5-13(6-2)16-17-15(18)12-7-9-14(10-8-12)19-11(3)4/h7-11H,5-6H2,1-4H3,(H,17,18). The highest BCUT2D eigenvalue weighted by Crippen LogP contribution is 2.13. The van der Waals surface area contributed by atoms with Crippen molar-refractivity contribution in [3.05, 3.63) is 29.8 Å². The minimum Gasteiger partial charge on any atom is -0.491 e. The molecule has 0 aliphatic heterocycles. The first-order valence-corrected chi connectivity index (χ1v) is 6.69. The second kappa shape index (κ2) is 7.56. The van der Waals surface area contributed by atoms with Crippen LogP contribution in [0.25, 0.3) is 0 Å². The lowest BCUT2D eigenvalue weighted by atomic mass is 10.2. The van der Waals surface area contributed by atoms with E-state index in [-0.39, 0.29) is 12.0 Å². The molecule has 4 nitrogen and oxygen atoms in total. The van der Waals surface area contributed by atoms with E-state index in [2.05, 4.69) is 10.5 Å². The molecule has 0 aromatic heterocycles. The van der Waals surface area contributed by atoms with E-state index < -0.39 is 0 Å². The summed E-state index contributed by atoms with van der Waals surface area (Å²) in [6.45, 7) is 7.97. The number of ether oxygens (including phenoxy) is 1. The number of hydrazone groups is 1. The second-order valence-corrected chi connectivity index (χ2v) is 4.52. The second-order valence-electron chi connectivity index (χ2n) is 4.52. The summed E-state index contributed by atoms with van der Waals surface area (Å²) in [5, 5.41) is 4.09. The molecule has 0 aliphatic carbocycles. The molecule has 1 aromatic carbocycles. The molecular weight excluding hydrogens is 240 g/mol. The van der Waals surface area contributed by atoms with Crippen LogP contribution >= 0.6 is 0 Å². The van der Waals surface area contributed by atoms with Gasteiger partial charge in [-0.05, 0) is 51.0 Å². The number of carbonyl (C=O) groups is 1. The molecule has 0 atom stereocenters. The Morgan fingerprint density at radius 2 is 1.79 bits per heavy atom. The van der Waals surface area contributed by atoms with E-state index in [0.29, 0.717) is 5.56 Å². The van der Waals surface area contributed by atoms with Gasteiger partial charge >= 0.3 is 0 Å². The molecule has 0 fully saturated rings. The first-order valence-electron chi connectivity index (χ1n) is 6.69. The predicted octanol–water partition coefficient (Wildman–Crippen LogP) is 3.38. The van der Waals surface area contributed by atoms with Crippen molar-refractivity contribution in [2.45, 2.75) is 46.6 Å². The average molecular weight is 262 g/mol. The number of nitrogens with zero attached hydrogens (tertiary/aromatic N) is 1. The maximum atomic E-state index is 11.9. The van der Waals surface area contributed by atoms with Crippen LogP contribution in [0.4, 0.5) is 0 Å². The summed E-state index contributed by atoms with van der Waals surface area (Å²) in [7, 11) is 0. The Labute approximate surface area is 114 Å². The minimum absolute atomic E-state index is 0.126. The van der Waals surface area contributed by atoms with Gasteiger partial charge in [0.25, 0.3) is 5.91 Å². The van der Waals surface area contributed by atoms with Crippen LogP contribution in [0, 0.1) is 0 Å². The monoisotopic (exact) mass is 262 g/mol. The number of hydrogen-bond donors (Lipinski definition) is 1. The van der Waals surface area contributed by atoms with Crippen LogP contribution in [0.2, 0.25) is 0 Å². The minimum atomic E-state index is -0.199. The van der Waals surface area contributed by atoms with E-state index in [1.807, 2.05) is 27.7 Å². The molecule has 0 aliphatic rings. The quantitative estimate of drug-likeness (QED) is 0.631. The zero-order valence-corrected chi connectivity index (χ0v) is 12.1. The summed E-state index contributed by atoms with van der Waals surface area (Å²) in [6, 6.07) is 7.05. The van der Waals surface area contributed by atoms with Gasteiger partial charge in [0.05, 0.1) is 6.10 Å². The summed E-state index contributed by atoms with van der Waals surface area (Å²) < 4.78 is 5.52. The maximum absolute atomic E-state index is 11.9. The molecule has 104 valence electrons. The molecule has 0 spiro atoms. The third-order valence-electron chi connectivity index (χ3n) is 2.62. The van der Waals surface area contributed by atoms with Crippen molar-refractivity contribution in [1.29, 1.82) is 0 Å². The Bertz CT molecular complexity index is 430. The molecule has 1 rings (SSSR count). The molecular formula is C15H22N2O2. The molecule has 1 aromatic rings. The van der Waals surface area contributed by atoms with Crippen LogP contribution in [-0.4, -0.2) is 17.7 Å². The SMILES string of the molecule is CCC(CC)=NNC(=O)c1ccc(OC(C)C)cc1. The Kier molecular flexibility index (Phi) is 6.06. The Balaban J connectivity index is 2.65. The topological polar surface area (TPSA) is 50.7 Å². The van der Waals surface area contributed by atoms with Crippen molar-refractivity contribution in [1.82, 2.24) is 5.43 Å². The van der Waals surface area contributed by atoms with Crippen LogP contribution in [0.3, 0.4) is 0 Å². The number of rotatable bonds is 6. The smallest absolute Gasteiger partial charge is 0.271 e. The summed E-state index contributed by atoms with van der Waals surface area (Å²) in [4.78, 5) is 11.9. The van der Waals surface area contributed by atoms with E-state index in [0.717, 1.165) is 24.3 Å². The molecule has 0 saturated heterocycles. The molecule has 4 heteroatoms. The van der Waals surface area contributed by atoms with E-state index in [4.69, 9.17) is 4.74 Å². The van der Waals surface area contributed by atoms with Gasteiger partial charge in [-0.2, -0.15) is 5.10 Å². The highest BCUT2D eigenvalue weighted by molar-refractivity contribution is 5.95. The molecule has 0 saturated carbocycles. The number of nitrogens with one attached hydrogen (secondary N) is 1. The van der Waals surface area contributed by atoms with Gasteiger partial charge in [-0.1, -0.05) is 13.8 Å². The number of hydrogen-bond acceptors (Lipinski definition) is 3. The first-order chi connectivity index (χ1) is 9.06. The number of amides is 1. The molecule has 0 radical (unpaired) electrons. The lowest BCUT2D eigenvalue weighted by Crippen LogP contribution is -2.19. The summed E-state index contributed by atoms with van der Waals surface area (Å²) in [5.41, 5.74) is 4.12. The summed E-state index contributed by atoms with van der Waals surface area (Å²) in [5.74, 6) is 0.563. The van der Waals surface area contributed by atoms with Gasteiger partial charge < -0.3 is 4.74 Å². The van der Waals surface area contributed by atoms with Gasteiger partial charge in [-0.15, -0.1) is 0 Å². The fourth-order valence-corrected chi connectivity index (χ4v) is 1.56. The third kappa shape index (κ3) is 5.12. The van der Waals surface area contributed by atoms with Crippen LogP contribution in [0.15, 0.2) is 29.4 Å². The van der Waals surface area contributed by atoms with E-state index in [9.17, 15) is 4.79 Å². The highest BCUT2D eigenvalue weighted by Gasteiger charge is 2.05. The predicted molar refractivity (Wildman–Crippen MR) is 77.7 cm³/mol. The Morgan fingerprint density at radius 1 is 1.21 bits per heavy atom. The Hall–Kier alpha value is -1.84. The van der Waals surface area contributed by atoms with Crippen molar-refractivity contribution in [3.63, 3.8) is 0 Å². The largest absolute Gasteiger partial charge is 0.491 e. The Morgan fingerprint density at radius 3 is 2.26 bits per heavy atom. The fourth-order valence-electron chi connectivity index (χ4n) is 1.56. The zero-order valence-electron chi connectivity index (χ0n) is 12.1. The summed E-state index contributed by atoms with van der Waals surface area (Å²) >= 11 is 0. The maximum Gasteiger partial charge on any atom is 0.271 e. The lowest BCUT2D eigenvalue weighted by Gasteiger charge is -2.09. The molecule has 1 amide bonds. The van der Waals surface area contributed by atoms with Crippen LogP contribution in [-0.2, 0) is 0 Å². The van der Waals surface area contributed by atoms with Crippen molar-refractivity contribution < 1.29 is 9.53 Å². The van der Waals surface area contributed by atoms with Crippen LogP contribution in [0.1, 0.15) is 50.9 Å². The highest BCUT2D eigenvalue weighted by atomic mass is 16.5. The van der Waals surface area contributed by atoms with E-state index in [1.165, 1.54) is 0 Å². The number of benzene rings is 1. The van der Waals surface area contributed by atoms with Gasteiger partial charge in [0.2, 0.25) is 0 Å². The fraction of sp³-hybridized carbons (Fsp3) is 0.467. The molecule has 0 unspecified atom stereocenters. The van der Waals surface area contributed by atoms with Gasteiger partial charge in [-0.25, -0.2) is 5.43 Å². The van der Waals surface area contributed by atoms with Crippen LogP contribution < -0.4 is 10.2 Å². The average Bonchev–Trinajstić information content (AvgIpc) is 2.39. The van der Waals surface area contributed by atoms with Gasteiger partial charge in [0.1, 0.15) is 5.75 Å². The molecule has 19 heavy (non-hydrogen) atoms. The molecule has 0 bridgehead atoms. The molecule has 0 heterocycles. The van der Waals surface area contributed by atoms with Crippen molar-refractivity contribution in [2.75, 3.05) is 0 Å². The summed E-state index contributed by atoms with van der Waals surface area (Å²) in [6.07, 6.45) is 1.82. The first kappa shape index (κ1) is 15.2. The van der Waals surface area contributed by atoms with Gasteiger partial charge in [0.15, 0.2) is 0 Å². The van der Waals surface area contributed by atoms with Gasteiger partial charge in [0, 0.05) is 11.3 Å². The number of carbonyl (C=O) groups excluding carboxylic acids is 1. The normalized spacial score (nSPS) is 10.2. The van der Waals surface area contributed by atoms with Gasteiger partial charge in [-0.3, -0.25) is 4.79 Å². The lowest BCUT2D eigenvalue weighted by molar-refractivity contribution is 0.0954. The van der Waals surface area contributed by atoms with E-state index in [1.54, 1.807) is 24.3 Å². The third-order valence-corrected chi connectivity index (χ3v) is 2.62. The van der Waals surface area contributed by atoms with Crippen molar-refractivity contribution in [3.8, 4) is 5.75 Å². The zero-order chi connectivity index (χ0) is 14.3. The van der Waals surface area contributed by atoms with Crippen molar-refractivity contribution >= 4 is 11.6 Å². The molecule has 1 N–H and O–H groups in total.